The Hall–Kier alpha value is -0.100. The van der Waals surface area contributed by atoms with Crippen molar-refractivity contribution in [1.29, 1.82) is 0 Å². The van der Waals surface area contributed by atoms with Crippen molar-refractivity contribution in [3.63, 3.8) is 0 Å². The van der Waals surface area contributed by atoms with Crippen molar-refractivity contribution in [2.75, 3.05) is 38.6 Å². The maximum atomic E-state index is 5.84. The molecule has 0 aliphatic carbocycles. The molecule has 114 valence electrons. The van der Waals surface area contributed by atoms with Crippen molar-refractivity contribution in [1.82, 2.24) is 19.6 Å². The first-order valence-corrected chi connectivity index (χ1v) is 8.71. The first-order valence-electron chi connectivity index (χ1n) is 7.38. The first kappa shape index (κ1) is 16.3. The number of hydrogen-bond acceptors (Lipinski definition) is 3. The van der Waals surface area contributed by atoms with E-state index in [0.717, 1.165) is 57.4 Å². The lowest BCUT2D eigenvalue weighted by Crippen LogP contribution is -2.32. The molecule has 0 spiro atoms. The van der Waals surface area contributed by atoms with Crippen LogP contribution in [0.2, 0.25) is 0 Å². The lowest BCUT2D eigenvalue weighted by atomic mass is 10.3. The van der Waals surface area contributed by atoms with Gasteiger partial charge in [-0.2, -0.15) is 5.10 Å². The van der Waals surface area contributed by atoms with E-state index in [4.69, 9.17) is 11.6 Å². The average Bonchev–Trinajstić information content (AvgIpc) is 2.61. The summed E-state index contributed by atoms with van der Waals surface area (Å²) in [6.45, 7) is 11.6. The number of alkyl halides is 1. The summed E-state index contributed by atoms with van der Waals surface area (Å²) in [7, 11) is 0. The summed E-state index contributed by atoms with van der Waals surface area (Å²) < 4.78 is 3.28. The maximum Gasteiger partial charge on any atom is 0.0739 e. The fourth-order valence-electron chi connectivity index (χ4n) is 2.76. The van der Waals surface area contributed by atoms with Crippen LogP contribution in [-0.2, 0) is 13.1 Å². The molecule has 20 heavy (non-hydrogen) atoms. The minimum absolute atomic E-state index is 0.730. The van der Waals surface area contributed by atoms with E-state index in [-0.39, 0.29) is 0 Å². The summed E-state index contributed by atoms with van der Waals surface area (Å²) in [6.07, 6.45) is 1.22. The molecule has 0 N–H and O–H groups in total. The zero-order chi connectivity index (χ0) is 14.5. The van der Waals surface area contributed by atoms with Crippen LogP contribution in [0.4, 0.5) is 0 Å². The van der Waals surface area contributed by atoms with Gasteiger partial charge in [0.2, 0.25) is 0 Å². The Bertz CT molecular complexity index is 435. The minimum atomic E-state index is 0.730. The zero-order valence-corrected chi connectivity index (χ0v) is 14.8. The van der Waals surface area contributed by atoms with Crippen molar-refractivity contribution < 1.29 is 0 Å². The molecule has 0 aromatic carbocycles. The molecule has 0 amide bonds. The molecule has 0 radical (unpaired) electrons. The van der Waals surface area contributed by atoms with E-state index in [2.05, 4.69) is 49.4 Å². The van der Waals surface area contributed by atoms with E-state index in [0.29, 0.717) is 0 Å². The van der Waals surface area contributed by atoms with Gasteiger partial charge in [0.15, 0.2) is 0 Å². The standard InChI is InChI=1S/C14H24BrClN4/c1-3-20-13(14(15)12(2)17-20)11-19-7-4-6-18(8-5-16)9-10-19/h3-11H2,1-2H3. The van der Waals surface area contributed by atoms with E-state index >= 15 is 0 Å². The van der Waals surface area contributed by atoms with E-state index in [9.17, 15) is 0 Å². The number of rotatable bonds is 5. The van der Waals surface area contributed by atoms with Crippen LogP contribution in [0.25, 0.3) is 0 Å². The van der Waals surface area contributed by atoms with Gasteiger partial charge in [0.1, 0.15) is 0 Å². The smallest absolute Gasteiger partial charge is 0.0739 e. The fourth-order valence-corrected chi connectivity index (χ4v) is 3.41. The molecular weight excluding hydrogens is 340 g/mol. The van der Waals surface area contributed by atoms with Gasteiger partial charge in [-0.25, -0.2) is 0 Å². The highest BCUT2D eigenvalue weighted by molar-refractivity contribution is 9.10. The van der Waals surface area contributed by atoms with Crippen LogP contribution >= 0.6 is 27.5 Å². The molecule has 1 aliphatic heterocycles. The molecule has 1 aromatic rings. The average molecular weight is 364 g/mol. The number of aromatic nitrogens is 2. The molecule has 0 unspecified atom stereocenters. The lowest BCUT2D eigenvalue weighted by Gasteiger charge is -2.21. The second-order valence-electron chi connectivity index (χ2n) is 5.32. The SMILES string of the molecule is CCn1nc(C)c(Br)c1CN1CCCN(CCCl)CC1. The Balaban J connectivity index is 2.00. The number of halogens is 2. The fraction of sp³-hybridized carbons (Fsp3) is 0.786. The zero-order valence-electron chi connectivity index (χ0n) is 12.4. The van der Waals surface area contributed by atoms with Crippen LogP contribution in [0.1, 0.15) is 24.7 Å². The predicted molar refractivity (Wildman–Crippen MR) is 87.4 cm³/mol. The summed E-state index contributed by atoms with van der Waals surface area (Å²) >= 11 is 9.53. The van der Waals surface area contributed by atoms with Gasteiger partial charge in [-0.05, 0) is 49.3 Å². The summed E-state index contributed by atoms with van der Waals surface area (Å²) in [6, 6.07) is 0. The van der Waals surface area contributed by atoms with Crippen LogP contribution in [0.5, 0.6) is 0 Å². The molecule has 2 rings (SSSR count). The highest BCUT2D eigenvalue weighted by atomic mass is 79.9. The summed E-state index contributed by atoms with van der Waals surface area (Å²) in [5, 5.41) is 4.58. The van der Waals surface area contributed by atoms with Gasteiger partial charge >= 0.3 is 0 Å². The van der Waals surface area contributed by atoms with E-state index in [1.54, 1.807) is 0 Å². The molecule has 4 nitrogen and oxygen atoms in total. The van der Waals surface area contributed by atoms with Gasteiger partial charge in [0.05, 0.1) is 15.9 Å². The molecule has 0 atom stereocenters. The monoisotopic (exact) mass is 362 g/mol. The Morgan fingerprint density at radius 3 is 2.60 bits per heavy atom. The quantitative estimate of drug-likeness (QED) is 0.752. The number of hydrogen-bond donors (Lipinski definition) is 0. The van der Waals surface area contributed by atoms with Crippen LogP contribution in [0.3, 0.4) is 0 Å². The van der Waals surface area contributed by atoms with Crippen LogP contribution in [0, 0.1) is 6.92 Å². The van der Waals surface area contributed by atoms with Gasteiger partial charge in [0.25, 0.3) is 0 Å². The summed E-state index contributed by atoms with van der Waals surface area (Å²) in [4.78, 5) is 4.99. The molecule has 1 saturated heterocycles. The number of aryl methyl sites for hydroxylation is 2. The molecule has 0 saturated carbocycles. The van der Waals surface area contributed by atoms with Crippen LogP contribution < -0.4 is 0 Å². The van der Waals surface area contributed by atoms with Crippen molar-refractivity contribution in [2.45, 2.75) is 33.4 Å². The van der Waals surface area contributed by atoms with Gasteiger partial charge < -0.3 is 4.90 Å². The van der Waals surface area contributed by atoms with Crippen molar-refractivity contribution in [3.05, 3.63) is 15.9 Å². The van der Waals surface area contributed by atoms with Crippen molar-refractivity contribution in [3.8, 4) is 0 Å². The highest BCUT2D eigenvalue weighted by Gasteiger charge is 2.18. The highest BCUT2D eigenvalue weighted by Crippen LogP contribution is 2.23. The Labute approximate surface area is 135 Å². The van der Waals surface area contributed by atoms with E-state index in [1.165, 1.54) is 16.6 Å². The molecule has 1 aromatic heterocycles. The Kier molecular flexibility index (Phi) is 6.33. The summed E-state index contributed by atoms with van der Waals surface area (Å²) in [5.41, 5.74) is 2.39. The predicted octanol–water partition coefficient (Wildman–Crippen LogP) is 2.72. The van der Waals surface area contributed by atoms with Crippen LogP contribution in [-0.4, -0.2) is 58.2 Å². The van der Waals surface area contributed by atoms with Gasteiger partial charge in [-0.1, -0.05) is 0 Å². The second-order valence-corrected chi connectivity index (χ2v) is 6.49. The largest absolute Gasteiger partial charge is 0.301 e. The van der Waals surface area contributed by atoms with Crippen molar-refractivity contribution >= 4 is 27.5 Å². The molecule has 2 heterocycles. The van der Waals surface area contributed by atoms with Gasteiger partial charge in [-0.15, -0.1) is 11.6 Å². The van der Waals surface area contributed by atoms with Gasteiger partial charge in [0, 0.05) is 38.6 Å². The topological polar surface area (TPSA) is 24.3 Å². The lowest BCUT2D eigenvalue weighted by molar-refractivity contribution is 0.252. The van der Waals surface area contributed by atoms with Crippen molar-refractivity contribution in [2.24, 2.45) is 0 Å². The van der Waals surface area contributed by atoms with E-state index < -0.39 is 0 Å². The normalized spacial score (nSPS) is 18.4. The molecule has 0 bridgehead atoms. The summed E-state index contributed by atoms with van der Waals surface area (Å²) in [5.74, 6) is 0.730. The van der Waals surface area contributed by atoms with Gasteiger partial charge in [-0.3, -0.25) is 9.58 Å². The molecule has 1 fully saturated rings. The Morgan fingerprint density at radius 1 is 1.20 bits per heavy atom. The second kappa shape index (κ2) is 7.78. The maximum absolute atomic E-state index is 5.84. The molecular formula is C14H24BrClN4. The third-order valence-electron chi connectivity index (χ3n) is 3.91. The molecule has 1 aliphatic rings. The third-order valence-corrected chi connectivity index (χ3v) is 5.11. The molecule has 6 heteroatoms. The third kappa shape index (κ3) is 3.97. The number of nitrogens with zero attached hydrogens (tertiary/aromatic N) is 4. The van der Waals surface area contributed by atoms with Crippen LogP contribution in [0.15, 0.2) is 4.47 Å². The first-order chi connectivity index (χ1) is 9.65. The minimum Gasteiger partial charge on any atom is -0.301 e. The Morgan fingerprint density at radius 2 is 1.90 bits per heavy atom. The van der Waals surface area contributed by atoms with E-state index in [1.807, 2.05) is 0 Å².